The number of nitrogens with zero attached hydrogens (tertiary/aromatic N) is 1. The van der Waals surface area contributed by atoms with Crippen molar-refractivity contribution in [2.45, 2.75) is 0 Å². The number of aromatic nitrogens is 2. The van der Waals surface area contributed by atoms with Crippen molar-refractivity contribution in [3.63, 3.8) is 0 Å². The highest BCUT2D eigenvalue weighted by atomic mass is 79.9. The first-order chi connectivity index (χ1) is 14.2. The average molecular weight is 441 g/mol. The van der Waals surface area contributed by atoms with Crippen molar-refractivity contribution in [2.24, 2.45) is 0 Å². The molecule has 0 saturated heterocycles. The molecule has 3 aromatic heterocycles. The van der Waals surface area contributed by atoms with Crippen LogP contribution in [0.1, 0.15) is 0 Å². The van der Waals surface area contributed by atoms with Crippen molar-refractivity contribution in [1.29, 1.82) is 0 Å². The van der Waals surface area contributed by atoms with Gasteiger partial charge in [0.15, 0.2) is 0 Å². The smallest absolute Gasteiger partial charge is 0.346 e. The third-order valence-corrected chi connectivity index (χ3v) is 5.91. The maximum atomic E-state index is 13.1. The van der Waals surface area contributed by atoms with Crippen LogP contribution in [0.4, 0.5) is 0 Å². The summed E-state index contributed by atoms with van der Waals surface area (Å²) in [5, 5.41) is 3.41. The standard InChI is InChI=1S/C24H13BrN2O2/c25-15-8-5-13(6-9-15)19-17-10-7-14-11-12-26-21(14)23(17)27-22-16-3-1-2-4-18(16)29-24(28)20(19)22/h1-12,27H. The predicted molar refractivity (Wildman–Crippen MR) is 120 cm³/mol. The van der Waals surface area contributed by atoms with Gasteiger partial charge in [-0.1, -0.05) is 52.3 Å². The van der Waals surface area contributed by atoms with E-state index in [-0.39, 0.29) is 5.63 Å². The number of hydrogen-bond donors (Lipinski definition) is 1. The van der Waals surface area contributed by atoms with Crippen molar-refractivity contribution in [3.05, 3.63) is 87.8 Å². The summed E-state index contributed by atoms with van der Waals surface area (Å²) in [6.45, 7) is 0. The fraction of sp³-hybridized carbons (Fsp3) is 0. The molecule has 1 N–H and O–H groups in total. The van der Waals surface area contributed by atoms with E-state index in [1.165, 1.54) is 0 Å². The monoisotopic (exact) mass is 440 g/mol. The zero-order chi connectivity index (χ0) is 19.5. The number of fused-ring (bicyclic) bond motifs is 6. The Bertz CT molecular complexity index is 1630. The van der Waals surface area contributed by atoms with Gasteiger partial charge < -0.3 is 9.40 Å². The van der Waals surface area contributed by atoms with Crippen LogP contribution in [0.15, 0.2) is 86.6 Å². The van der Waals surface area contributed by atoms with Gasteiger partial charge in [0.05, 0.1) is 21.9 Å². The summed E-state index contributed by atoms with van der Waals surface area (Å²) in [6.07, 6.45) is 1.80. The average Bonchev–Trinajstić information content (AvgIpc) is 3.22. The van der Waals surface area contributed by atoms with Crippen LogP contribution in [0.3, 0.4) is 0 Å². The number of pyridine rings is 1. The van der Waals surface area contributed by atoms with Gasteiger partial charge >= 0.3 is 5.63 Å². The molecule has 0 unspecified atom stereocenters. The first kappa shape index (κ1) is 16.5. The molecule has 0 atom stereocenters. The summed E-state index contributed by atoms with van der Waals surface area (Å²) >= 11 is 3.50. The quantitative estimate of drug-likeness (QED) is 0.182. The fourth-order valence-corrected chi connectivity index (χ4v) is 4.35. The van der Waals surface area contributed by atoms with Crippen LogP contribution in [-0.4, -0.2) is 9.97 Å². The van der Waals surface area contributed by atoms with Crippen molar-refractivity contribution >= 4 is 59.6 Å². The number of rotatable bonds is 1. The second kappa shape index (κ2) is 6.03. The van der Waals surface area contributed by atoms with Crippen LogP contribution < -0.4 is 5.63 Å². The lowest BCUT2D eigenvalue weighted by Gasteiger charge is -2.13. The first-order valence-corrected chi connectivity index (χ1v) is 10.0. The summed E-state index contributed by atoms with van der Waals surface area (Å²) < 4.78 is 6.66. The van der Waals surface area contributed by atoms with E-state index >= 15 is 0 Å². The molecule has 3 heterocycles. The Morgan fingerprint density at radius 2 is 1.69 bits per heavy atom. The van der Waals surface area contributed by atoms with Gasteiger partial charge in [0, 0.05) is 32.4 Å². The highest BCUT2D eigenvalue weighted by molar-refractivity contribution is 9.10. The van der Waals surface area contributed by atoms with Crippen LogP contribution in [0.2, 0.25) is 0 Å². The van der Waals surface area contributed by atoms with E-state index in [0.717, 1.165) is 48.3 Å². The lowest BCUT2D eigenvalue weighted by Crippen LogP contribution is -2.04. The molecular weight excluding hydrogens is 428 g/mol. The third kappa shape index (κ3) is 2.37. The van der Waals surface area contributed by atoms with Crippen LogP contribution in [0.25, 0.3) is 54.8 Å². The van der Waals surface area contributed by atoms with Gasteiger partial charge in [-0.15, -0.1) is 0 Å². The molecule has 3 aromatic carbocycles. The van der Waals surface area contributed by atoms with E-state index in [9.17, 15) is 4.79 Å². The molecule has 0 fully saturated rings. The SMILES string of the molecule is O=c1oc2ccccc2c2[nH]c3c(ccc4ccnc43)c(-c3ccc(Br)cc3)c12. The Morgan fingerprint density at radius 1 is 0.862 bits per heavy atom. The molecule has 0 aliphatic rings. The molecule has 6 rings (SSSR count). The minimum Gasteiger partial charge on any atom is -0.422 e. The topological polar surface area (TPSA) is 58.9 Å². The molecule has 0 amide bonds. The molecule has 0 radical (unpaired) electrons. The zero-order valence-corrected chi connectivity index (χ0v) is 16.7. The van der Waals surface area contributed by atoms with Gasteiger partial charge in [-0.2, -0.15) is 0 Å². The molecule has 29 heavy (non-hydrogen) atoms. The van der Waals surface area contributed by atoms with Crippen molar-refractivity contribution in [3.8, 4) is 11.1 Å². The number of nitrogens with one attached hydrogen (secondary N) is 1. The number of benzene rings is 3. The highest BCUT2D eigenvalue weighted by Crippen LogP contribution is 2.38. The number of halogens is 1. The molecule has 0 aliphatic carbocycles. The van der Waals surface area contributed by atoms with Crippen LogP contribution in [-0.2, 0) is 0 Å². The largest absolute Gasteiger partial charge is 0.422 e. The summed E-state index contributed by atoms with van der Waals surface area (Å²) in [5.74, 6) is 0. The van der Waals surface area contributed by atoms with E-state index < -0.39 is 0 Å². The number of aromatic amines is 1. The van der Waals surface area contributed by atoms with E-state index in [0.29, 0.717) is 11.0 Å². The van der Waals surface area contributed by atoms with Gasteiger partial charge in [-0.3, -0.25) is 4.98 Å². The molecule has 6 aromatic rings. The maximum Gasteiger partial charge on any atom is 0.346 e. The molecular formula is C24H13BrN2O2. The highest BCUT2D eigenvalue weighted by Gasteiger charge is 2.18. The molecule has 138 valence electrons. The number of para-hydroxylation sites is 1. The van der Waals surface area contributed by atoms with Gasteiger partial charge in [-0.25, -0.2) is 4.79 Å². The minimum absolute atomic E-state index is 0.356. The fourth-order valence-electron chi connectivity index (χ4n) is 4.09. The van der Waals surface area contributed by atoms with E-state index in [1.54, 1.807) is 6.20 Å². The summed E-state index contributed by atoms with van der Waals surface area (Å²) in [4.78, 5) is 21.2. The van der Waals surface area contributed by atoms with Crippen molar-refractivity contribution < 1.29 is 4.42 Å². The first-order valence-electron chi connectivity index (χ1n) is 9.21. The Kier molecular flexibility index (Phi) is 3.43. The van der Waals surface area contributed by atoms with Gasteiger partial charge in [-0.05, 0) is 35.9 Å². The molecule has 0 bridgehead atoms. The molecule has 4 nitrogen and oxygen atoms in total. The van der Waals surface area contributed by atoms with Crippen LogP contribution in [0, 0.1) is 0 Å². The van der Waals surface area contributed by atoms with Crippen LogP contribution >= 0.6 is 15.9 Å². The molecule has 0 aliphatic heterocycles. The minimum atomic E-state index is -0.356. The predicted octanol–water partition coefficient (Wildman–Crippen LogP) is 6.41. The van der Waals surface area contributed by atoms with Crippen molar-refractivity contribution in [2.75, 3.05) is 0 Å². The Balaban J connectivity index is 1.94. The Hall–Kier alpha value is -3.44. The van der Waals surface area contributed by atoms with Gasteiger partial charge in [0.25, 0.3) is 0 Å². The Morgan fingerprint density at radius 3 is 2.55 bits per heavy atom. The second-order valence-corrected chi connectivity index (χ2v) is 7.93. The number of H-pyrrole nitrogens is 1. The van der Waals surface area contributed by atoms with E-state index in [4.69, 9.17) is 4.42 Å². The van der Waals surface area contributed by atoms with Gasteiger partial charge in [0.2, 0.25) is 0 Å². The molecule has 0 saturated carbocycles. The normalized spacial score (nSPS) is 11.8. The molecule has 5 heteroatoms. The van der Waals surface area contributed by atoms with E-state index in [2.05, 4.69) is 25.9 Å². The molecule has 0 spiro atoms. The van der Waals surface area contributed by atoms with Gasteiger partial charge in [0.1, 0.15) is 5.58 Å². The van der Waals surface area contributed by atoms with Crippen molar-refractivity contribution in [1.82, 2.24) is 9.97 Å². The zero-order valence-electron chi connectivity index (χ0n) is 15.1. The summed E-state index contributed by atoms with van der Waals surface area (Å²) in [5.41, 5.74) is 4.57. The third-order valence-electron chi connectivity index (χ3n) is 5.38. The lowest BCUT2D eigenvalue weighted by atomic mass is 9.95. The van der Waals surface area contributed by atoms with E-state index in [1.807, 2.05) is 66.7 Å². The summed E-state index contributed by atoms with van der Waals surface area (Å²) in [7, 11) is 0. The second-order valence-electron chi connectivity index (χ2n) is 7.01. The van der Waals surface area contributed by atoms with Crippen LogP contribution in [0.5, 0.6) is 0 Å². The maximum absolute atomic E-state index is 13.1. The lowest BCUT2D eigenvalue weighted by molar-refractivity contribution is 0.569. The Labute approximate surface area is 172 Å². The summed E-state index contributed by atoms with van der Waals surface area (Å²) in [6, 6.07) is 21.6. The number of hydrogen-bond acceptors (Lipinski definition) is 3.